The first kappa shape index (κ1) is 15.9. The summed E-state index contributed by atoms with van der Waals surface area (Å²) in [5, 5.41) is 11.5. The number of carbonyl (C=O) groups excluding carboxylic acids is 1. The molecule has 4 nitrogen and oxygen atoms in total. The van der Waals surface area contributed by atoms with Gasteiger partial charge in [-0.15, -0.1) is 0 Å². The van der Waals surface area contributed by atoms with Crippen LogP contribution in [0.2, 0.25) is 0 Å². The van der Waals surface area contributed by atoms with E-state index in [1.54, 1.807) is 6.07 Å². The van der Waals surface area contributed by atoms with Gasteiger partial charge in [0, 0.05) is 12.1 Å². The predicted octanol–water partition coefficient (Wildman–Crippen LogP) is 3.62. The largest absolute Gasteiger partial charge is 0.496 e. The molecule has 1 aliphatic heterocycles. The molecule has 0 aliphatic carbocycles. The van der Waals surface area contributed by atoms with Crippen LogP contribution in [0.1, 0.15) is 24.8 Å². The van der Waals surface area contributed by atoms with E-state index in [0.717, 1.165) is 37.1 Å². The number of nitrogens with zero attached hydrogens (tertiary/aromatic N) is 1. The van der Waals surface area contributed by atoms with Crippen molar-refractivity contribution in [3.05, 3.63) is 41.2 Å². The summed E-state index contributed by atoms with van der Waals surface area (Å²) in [6, 6.07) is 5.81. The highest BCUT2D eigenvalue weighted by Crippen LogP contribution is 2.30. The van der Waals surface area contributed by atoms with Crippen LogP contribution in [0.3, 0.4) is 0 Å². The molecule has 7 heteroatoms. The highest BCUT2D eigenvalue weighted by molar-refractivity contribution is 6.06. The van der Waals surface area contributed by atoms with Crippen LogP contribution in [0.25, 0.3) is 0 Å². The summed E-state index contributed by atoms with van der Waals surface area (Å²) in [6.45, 7) is 0.452. The second-order valence-corrected chi connectivity index (χ2v) is 4.74. The van der Waals surface area contributed by atoms with Crippen molar-refractivity contribution >= 4 is 11.6 Å². The standard InChI is InChI=1S/C15H13F3N2O2/c16-15(17,18)10-4-6-11(7-5-10)20-14(21)12(9-19)13-3-1-2-8-22-13/h4-7H,1-3,8H2,(H,20,21)/b13-12+. The molecular weight excluding hydrogens is 297 g/mol. The first-order valence-corrected chi connectivity index (χ1v) is 6.66. The molecule has 116 valence electrons. The first-order valence-electron chi connectivity index (χ1n) is 6.66. The summed E-state index contributed by atoms with van der Waals surface area (Å²) in [4.78, 5) is 12.0. The van der Waals surface area contributed by atoms with Crippen LogP contribution in [-0.4, -0.2) is 12.5 Å². The van der Waals surface area contributed by atoms with Crippen molar-refractivity contribution in [3.63, 3.8) is 0 Å². The Balaban J connectivity index is 2.12. The Hall–Kier alpha value is -2.49. The molecule has 0 spiro atoms. The number of alkyl halides is 3. The van der Waals surface area contributed by atoms with Gasteiger partial charge in [-0.1, -0.05) is 0 Å². The normalized spacial score (nSPS) is 17.2. The number of rotatable bonds is 2. The van der Waals surface area contributed by atoms with Crippen molar-refractivity contribution in [1.29, 1.82) is 5.26 Å². The SMILES string of the molecule is N#C/C(C(=O)Nc1ccc(C(F)(F)F)cc1)=C1/CCCCO1. The molecule has 1 heterocycles. The quantitative estimate of drug-likeness (QED) is 0.670. The van der Waals surface area contributed by atoms with Gasteiger partial charge in [0.15, 0.2) is 5.57 Å². The van der Waals surface area contributed by atoms with Crippen LogP contribution in [0.4, 0.5) is 18.9 Å². The van der Waals surface area contributed by atoms with Gasteiger partial charge in [-0.05, 0) is 37.1 Å². The van der Waals surface area contributed by atoms with Gasteiger partial charge < -0.3 is 10.1 Å². The highest BCUT2D eigenvalue weighted by atomic mass is 19.4. The first-order chi connectivity index (χ1) is 10.4. The molecule has 1 fully saturated rings. The van der Waals surface area contributed by atoms with Crippen molar-refractivity contribution in [2.45, 2.75) is 25.4 Å². The molecule has 1 aromatic carbocycles. The van der Waals surface area contributed by atoms with Gasteiger partial charge in [-0.2, -0.15) is 18.4 Å². The van der Waals surface area contributed by atoms with Crippen molar-refractivity contribution in [2.75, 3.05) is 11.9 Å². The van der Waals surface area contributed by atoms with E-state index in [0.29, 0.717) is 18.8 Å². The zero-order chi connectivity index (χ0) is 16.2. The molecule has 1 saturated heterocycles. The number of carbonyl (C=O) groups is 1. The highest BCUT2D eigenvalue weighted by Gasteiger charge is 2.30. The smallest absolute Gasteiger partial charge is 0.416 e. The molecule has 0 bridgehead atoms. The van der Waals surface area contributed by atoms with Gasteiger partial charge in [0.25, 0.3) is 5.91 Å². The molecule has 0 aromatic heterocycles. The number of hydrogen-bond donors (Lipinski definition) is 1. The molecule has 1 N–H and O–H groups in total. The van der Waals surface area contributed by atoms with Crippen molar-refractivity contribution < 1.29 is 22.7 Å². The lowest BCUT2D eigenvalue weighted by Gasteiger charge is -2.17. The Bertz CT molecular complexity index is 620. The number of ether oxygens (including phenoxy) is 1. The van der Waals surface area contributed by atoms with E-state index in [2.05, 4.69) is 5.32 Å². The summed E-state index contributed by atoms with van der Waals surface area (Å²) in [6.07, 6.45) is -2.24. The second kappa shape index (κ2) is 6.52. The Morgan fingerprint density at radius 2 is 1.91 bits per heavy atom. The van der Waals surface area contributed by atoms with E-state index in [1.807, 2.05) is 0 Å². The van der Waals surface area contributed by atoms with Gasteiger partial charge in [0.05, 0.1) is 12.2 Å². The topological polar surface area (TPSA) is 62.1 Å². The lowest BCUT2D eigenvalue weighted by Crippen LogP contribution is -2.18. The summed E-state index contributed by atoms with van der Waals surface area (Å²) >= 11 is 0. The van der Waals surface area contributed by atoms with Crippen LogP contribution in [-0.2, 0) is 15.7 Å². The lowest BCUT2D eigenvalue weighted by molar-refractivity contribution is -0.137. The molecule has 1 aliphatic rings. The third-order valence-corrected chi connectivity index (χ3v) is 3.16. The van der Waals surface area contributed by atoms with Gasteiger partial charge in [-0.25, -0.2) is 0 Å². The molecule has 0 saturated carbocycles. The van der Waals surface area contributed by atoms with E-state index < -0.39 is 17.6 Å². The average Bonchev–Trinajstić information content (AvgIpc) is 2.48. The monoisotopic (exact) mass is 310 g/mol. The lowest BCUT2D eigenvalue weighted by atomic mass is 10.1. The minimum Gasteiger partial charge on any atom is -0.496 e. The van der Waals surface area contributed by atoms with E-state index >= 15 is 0 Å². The molecular formula is C15H13F3N2O2. The maximum Gasteiger partial charge on any atom is 0.416 e. The maximum absolute atomic E-state index is 12.5. The van der Waals surface area contributed by atoms with Crippen molar-refractivity contribution in [1.82, 2.24) is 0 Å². The van der Waals surface area contributed by atoms with E-state index in [-0.39, 0.29) is 11.3 Å². The minimum absolute atomic E-state index is 0.139. The number of nitrogens with one attached hydrogen (secondary N) is 1. The fourth-order valence-corrected chi connectivity index (χ4v) is 2.03. The minimum atomic E-state index is -4.43. The Kier molecular flexibility index (Phi) is 4.71. The predicted molar refractivity (Wildman–Crippen MR) is 72.5 cm³/mol. The zero-order valence-corrected chi connectivity index (χ0v) is 11.5. The number of nitriles is 1. The van der Waals surface area contributed by atoms with E-state index in [1.165, 1.54) is 0 Å². The number of allylic oxidation sites excluding steroid dienone is 1. The number of anilines is 1. The Labute approximate surface area is 125 Å². The van der Waals surface area contributed by atoms with Crippen molar-refractivity contribution in [3.8, 4) is 6.07 Å². The Morgan fingerprint density at radius 3 is 2.41 bits per heavy atom. The fraction of sp³-hybridized carbons (Fsp3) is 0.333. The van der Waals surface area contributed by atoms with E-state index in [4.69, 9.17) is 10.00 Å². The molecule has 1 aromatic rings. The summed E-state index contributed by atoms with van der Waals surface area (Å²) < 4.78 is 42.7. The molecule has 0 atom stereocenters. The van der Waals surface area contributed by atoms with Crippen LogP contribution in [0.5, 0.6) is 0 Å². The van der Waals surface area contributed by atoms with Gasteiger partial charge in [0.2, 0.25) is 0 Å². The summed E-state index contributed by atoms with van der Waals surface area (Å²) in [7, 11) is 0. The van der Waals surface area contributed by atoms with Crippen LogP contribution >= 0.6 is 0 Å². The third-order valence-electron chi connectivity index (χ3n) is 3.16. The average molecular weight is 310 g/mol. The van der Waals surface area contributed by atoms with Gasteiger partial charge >= 0.3 is 6.18 Å². The maximum atomic E-state index is 12.5. The third kappa shape index (κ3) is 3.79. The summed E-state index contributed by atoms with van der Waals surface area (Å²) in [5.74, 6) is -0.350. The molecule has 0 radical (unpaired) electrons. The number of halogens is 3. The summed E-state index contributed by atoms with van der Waals surface area (Å²) in [5.41, 5.74) is -0.762. The number of amides is 1. The number of hydrogen-bond acceptors (Lipinski definition) is 3. The number of benzene rings is 1. The van der Waals surface area contributed by atoms with Gasteiger partial charge in [0.1, 0.15) is 11.8 Å². The molecule has 1 amide bonds. The van der Waals surface area contributed by atoms with Crippen LogP contribution in [0.15, 0.2) is 35.6 Å². The van der Waals surface area contributed by atoms with E-state index in [9.17, 15) is 18.0 Å². The zero-order valence-electron chi connectivity index (χ0n) is 11.5. The fourth-order valence-electron chi connectivity index (χ4n) is 2.03. The molecule has 2 rings (SSSR count). The van der Waals surface area contributed by atoms with Crippen LogP contribution in [0, 0.1) is 11.3 Å². The molecule has 22 heavy (non-hydrogen) atoms. The van der Waals surface area contributed by atoms with Crippen LogP contribution < -0.4 is 5.32 Å². The Morgan fingerprint density at radius 1 is 1.23 bits per heavy atom. The van der Waals surface area contributed by atoms with Gasteiger partial charge in [-0.3, -0.25) is 4.79 Å². The molecule has 0 unspecified atom stereocenters. The van der Waals surface area contributed by atoms with Crippen molar-refractivity contribution in [2.24, 2.45) is 0 Å². The second-order valence-electron chi connectivity index (χ2n) is 4.74.